The van der Waals surface area contributed by atoms with Crippen LogP contribution in [0.3, 0.4) is 0 Å². The predicted molar refractivity (Wildman–Crippen MR) is 114 cm³/mol. The average molecular weight is 433 g/mol. The molecule has 0 bridgehead atoms. The first kappa shape index (κ1) is 22.1. The summed E-state index contributed by atoms with van der Waals surface area (Å²) in [6, 6.07) is 13.3. The number of methoxy groups -OCH3 is 1. The summed E-state index contributed by atoms with van der Waals surface area (Å²) in [5.74, 6) is 1.05. The topological polar surface area (TPSA) is 84.9 Å². The summed E-state index contributed by atoms with van der Waals surface area (Å²) in [5.41, 5.74) is 0.527. The van der Waals surface area contributed by atoms with Crippen molar-refractivity contribution in [1.29, 1.82) is 0 Å². The Morgan fingerprint density at radius 2 is 1.80 bits per heavy atom. The molecule has 0 unspecified atom stereocenters. The van der Waals surface area contributed by atoms with Gasteiger partial charge in [-0.2, -0.15) is 0 Å². The van der Waals surface area contributed by atoms with Crippen molar-refractivity contribution in [3.63, 3.8) is 0 Å². The van der Waals surface area contributed by atoms with E-state index in [0.717, 1.165) is 6.42 Å². The molecule has 8 heteroatoms. The molecule has 162 valence electrons. The van der Waals surface area contributed by atoms with Gasteiger partial charge in [0.2, 0.25) is 10.0 Å². The van der Waals surface area contributed by atoms with E-state index in [9.17, 15) is 13.2 Å². The van der Waals surface area contributed by atoms with Crippen LogP contribution >= 0.6 is 0 Å². The molecule has 0 atom stereocenters. The standard InChI is InChI=1S/C22H28N2O5S/c1-3-15-29-20-10-9-17(16-21(20)28-2)22(25)24-13-11-18(12-14-24)23-30(26,27)19-7-5-4-6-8-19/h4-10,16,18,23H,3,11-15H2,1-2H3. The Morgan fingerprint density at radius 3 is 2.43 bits per heavy atom. The highest BCUT2D eigenvalue weighted by Gasteiger charge is 2.27. The molecule has 3 rings (SSSR count). The van der Waals surface area contributed by atoms with Crippen LogP contribution in [0, 0.1) is 0 Å². The summed E-state index contributed by atoms with van der Waals surface area (Å²) in [6.07, 6.45) is 2.01. The monoisotopic (exact) mass is 432 g/mol. The molecule has 1 heterocycles. The zero-order chi connectivity index (χ0) is 21.6. The van der Waals surface area contributed by atoms with Crippen molar-refractivity contribution in [3.05, 3.63) is 54.1 Å². The largest absolute Gasteiger partial charge is 0.493 e. The number of rotatable bonds is 8. The molecule has 1 saturated heterocycles. The van der Waals surface area contributed by atoms with E-state index in [1.54, 1.807) is 60.5 Å². The van der Waals surface area contributed by atoms with Gasteiger partial charge in [-0.05, 0) is 49.6 Å². The Morgan fingerprint density at radius 1 is 1.10 bits per heavy atom. The van der Waals surface area contributed by atoms with Gasteiger partial charge in [0, 0.05) is 24.7 Å². The van der Waals surface area contributed by atoms with Crippen molar-refractivity contribution in [2.24, 2.45) is 0 Å². The maximum Gasteiger partial charge on any atom is 0.253 e. The number of hydrogen-bond donors (Lipinski definition) is 1. The van der Waals surface area contributed by atoms with E-state index in [-0.39, 0.29) is 16.8 Å². The number of likely N-dealkylation sites (tertiary alicyclic amines) is 1. The average Bonchev–Trinajstić information content (AvgIpc) is 2.78. The molecule has 1 aliphatic rings. The number of amides is 1. The zero-order valence-electron chi connectivity index (χ0n) is 17.3. The maximum absolute atomic E-state index is 12.9. The molecule has 1 aliphatic heterocycles. The molecular formula is C22H28N2O5S. The number of hydrogen-bond acceptors (Lipinski definition) is 5. The Bertz CT molecular complexity index is 955. The van der Waals surface area contributed by atoms with Gasteiger partial charge in [0.15, 0.2) is 11.5 Å². The van der Waals surface area contributed by atoms with E-state index in [4.69, 9.17) is 9.47 Å². The number of nitrogens with one attached hydrogen (secondary N) is 1. The van der Waals surface area contributed by atoms with Crippen LogP contribution in [-0.2, 0) is 10.0 Å². The van der Waals surface area contributed by atoms with E-state index in [1.165, 1.54) is 0 Å². The van der Waals surface area contributed by atoms with Gasteiger partial charge in [-0.1, -0.05) is 25.1 Å². The molecule has 7 nitrogen and oxygen atoms in total. The van der Waals surface area contributed by atoms with E-state index in [1.807, 2.05) is 6.92 Å². The number of carbonyl (C=O) groups excluding carboxylic acids is 1. The molecule has 2 aromatic carbocycles. The third-order valence-corrected chi connectivity index (χ3v) is 6.57. The summed E-state index contributed by atoms with van der Waals surface area (Å²) in [7, 11) is -2.01. The highest BCUT2D eigenvalue weighted by Crippen LogP contribution is 2.29. The molecular weight excluding hydrogens is 404 g/mol. The van der Waals surface area contributed by atoms with Crippen LogP contribution in [0.15, 0.2) is 53.4 Å². The number of nitrogens with zero attached hydrogens (tertiary/aromatic N) is 1. The van der Waals surface area contributed by atoms with Crippen molar-refractivity contribution < 1.29 is 22.7 Å². The number of sulfonamides is 1. The first-order chi connectivity index (χ1) is 14.4. The SMILES string of the molecule is CCCOc1ccc(C(=O)N2CCC(NS(=O)(=O)c3ccccc3)CC2)cc1OC. The van der Waals surface area contributed by atoms with Gasteiger partial charge >= 0.3 is 0 Å². The van der Waals surface area contributed by atoms with Crippen LogP contribution in [0.4, 0.5) is 0 Å². The summed E-state index contributed by atoms with van der Waals surface area (Å²) >= 11 is 0. The van der Waals surface area contributed by atoms with E-state index in [0.29, 0.717) is 49.6 Å². The lowest BCUT2D eigenvalue weighted by molar-refractivity contribution is 0.0711. The molecule has 0 spiro atoms. The molecule has 30 heavy (non-hydrogen) atoms. The smallest absolute Gasteiger partial charge is 0.253 e. The minimum Gasteiger partial charge on any atom is -0.493 e. The molecule has 2 aromatic rings. The summed E-state index contributed by atoms with van der Waals surface area (Å²) in [6.45, 7) is 3.57. The third kappa shape index (κ3) is 5.31. The summed E-state index contributed by atoms with van der Waals surface area (Å²) in [4.78, 5) is 14.9. The Balaban J connectivity index is 1.60. The first-order valence-corrected chi connectivity index (χ1v) is 11.6. The van der Waals surface area contributed by atoms with Gasteiger partial charge in [0.25, 0.3) is 5.91 Å². The van der Waals surface area contributed by atoms with Crippen molar-refractivity contribution in [3.8, 4) is 11.5 Å². The van der Waals surface area contributed by atoms with Crippen LogP contribution < -0.4 is 14.2 Å². The van der Waals surface area contributed by atoms with Gasteiger partial charge in [0.1, 0.15) is 0 Å². The lowest BCUT2D eigenvalue weighted by Crippen LogP contribution is -2.46. The van der Waals surface area contributed by atoms with Crippen LogP contribution in [0.25, 0.3) is 0 Å². The molecule has 1 fully saturated rings. The fourth-order valence-corrected chi connectivity index (χ4v) is 4.73. The number of carbonyl (C=O) groups is 1. The van der Waals surface area contributed by atoms with E-state index >= 15 is 0 Å². The second-order valence-electron chi connectivity index (χ2n) is 7.21. The third-order valence-electron chi connectivity index (χ3n) is 5.03. The van der Waals surface area contributed by atoms with E-state index in [2.05, 4.69) is 4.72 Å². The number of piperidine rings is 1. The van der Waals surface area contributed by atoms with Gasteiger partial charge in [-0.25, -0.2) is 13.1 Å². The fourth-order valence-electron chi connectivity index (χ4n) is 3.40. The van der Waals surface area contributed by atoms with Crippen molar-refractivity contribution in [2.75, 3.05) is 26.8 Å². The second kappa shape index (κ2) is 9.95. The minimum absolute atomic E-state index is 0.0975. The normalized spacial score (nSPS) is 15.1. The Hall–Kier alpha value is -2.58. The van der Waals surface area contributed by atoms with Crippen LogP contribution in [0.1, 0.15) is 36.5 Å². The highest BCUT2D eigenvalue weighted by molar-refractivity contribution is 7.89. The lowest BCUT2D eigenvalue weighted by Gasteiger charge is -2.32. The molecule has 1 amide bonds. The second-order valence-corrected chi connectivity index (χ2v) is 8.93. The molecule has 0 radical (unpaired) electrons. The molecule has 1 N–H and O–H groups in total. The van der Waals surface area contributed by atoms with Gasteiger partial charge in [0.05, 0.1) is 18.6 Å². The molecule has 0 aliphatic carbocycles. The van der Waals surface area contributed by atoms with Crippen LogP contribution in [-0.4, -0.2) is 52.1 Å². The van der Waals surface area contributed by atoms with Crippen LogP contribution in [0.5, 0.6) is 11.5 Å². The maximum atomic E-state index is 12.9. The van der Waals surface area contributed by atoms with Gasteiger partial charge < -0.3 is 14.4 Å². The fraction of sp³-hybridized carbons (Fsp3) is 0.409. The number of ether oxygens (including phenoxy) is 2. The van der Waals surface area contributed by atoms with Crippen molar-refractivity contribution in [2.45, 2.75) is 37.1 Å². The molecule has 0 aromatic heterocycles. The first-order valence-electron chi connectivity index (χ1n) is 10.1. The van der Waals surface area contributed by atoms with Gasteiger partial charge in [-0.15, -0.1) is 0 Å². The van der Waals surface area contributed by atoms with Crippen LogP contribution in [0.2, 0.25) is 0 Å². The Kier molecular flexibility index (Phi) is 7.33. The Labute approximate surface area is 178 Å². The lowest BCUT2D eigenvalue weighted by atomic mass is 10.0. The van der Waals surface area contributed by atoms with Gasteiger partial charge in [-0.3, -0.25) is 4.79 Å². The van der Waals surface area contributed by atoms with Crippen molar-refractivity contribution in [1.82, 2.24) is 9.62 Å². The summed E-state index contributed by atoms with van der Waals surface area (Å²) < 4.78 is 38.7. The summed E-state index contributed by atoms with van der Waals surface area (Å²) in [5, 5.41) is 0. The molecule has 0 saturated carbocycles. The minimum atomic E-state index is -3.56. The quantitative estimate of drug-likeness (QED) is 0.693. The van der Waals surface area contributed by atoms with Crippen molar-refractivity contribution >= 4 is 15.9 Å². The zero-order valence-corrected chi connectivity index (χ0v) is 18.2. The predicted octanol–water partition coefficient (Wildman–Crippen LogP) is 3.07. The number of benzene rings is 2. The highest BCUT2D eigenvalue weighted by atomic mass is 32.2. The van der Waals surface area contributed by atoms with E-state index < -0.39 is 10.0 Å².